The van der Waals surface area contributed by atoms with Crippen LogP contribution in [0, 0.1) is 0 Å². The number of nitrogens with zero attached hydrogens (tertiary/aromatic N) is 2. The van der Waals surface area contributed by atoms with Crippen molar-refractivity contribution in [2.24, 2.45) is 0 Å². The second kappa shape index (κ2) is 8.58. The van der Waals surface area contributed by atoms with E-state index < -0.39 is 9.84 Å². The van der Waals surface area contributed by atoms with Gasteiger partial charge in [0.1, 0.15) is 0 Å². The average Bonchev–Trinajstić information content (AvgIpc) is 2.62. The zero-order valence-corrected chi connectivity index (χ0v) is 15.0. The molecule has 7 heteroatoms. The molecule has 1 atom stereocenters. The summed E-state index contributed by atoms with van der Waals surface area (Å²) in [5.74, 6) is 0.133. The Balaban J connectivity index is 0.00000208. The molecule has 0 aliphatic carbocycles. The van der Waals surface area contributed by atoms with Crippen LogP contribution in [0.4, 0.5) is 0 Å². The molecular formula is C17H22ClN3O2S. The van der Waals surface area contributed by atoms with Crippen molar-refractivity contribution in [2.75, 3.05) is 31.9 Å². The number of halogens is 1. The summed E-state index contributed by atoms with van der Waals surface area (Å²) in [6, 6.07) is 12.8. The predicted octanol–water partition coefficient (Wildman–Crippen LogP) is 1.92. The summed E-state index contributed by atoms with van der Waals surface area (Å²) in [5, 5.41) is 3.37. The maximum atomic E-state index is 12.5. The van der Waals surface area contributed by atoms with Gasteiger partial charge in [-0.25, -0.2) is 8.42 Å². The Morgan fingerprint density at radius 3 is 2.67 bits per heavy atom. The van der Waals surface area contributed by atoms with Crippen LogP contribution < -0.4 is 5.32 Å². The Labute approximate surface area is 149 Å². The second-order valence-corrected chi connectivity index (χ2v) is 7.78. The van der Waals surface area contributed by atoms with Crippen LogP contribution >= 0.6 is 12.4 Å². The molecule has 1 fully saturated rings. The van der Waals surface area contributed by atoms with Gasteiger partial charge in [0.15, 0.2) is 9.84 Å². The molecule has 0 spiro atoms. The second-order valence-electron chi connectivity index (χ2n) is 5.67. The molecule has 5 nitrogen and oxygen atoms in total. The van der Waals surface area contributed by atoms with Crippen molar-refractivity contribution in [3.8, 4) is 0 Å². The summed E-state index contributed by atoms with van der Waals surface area (Å²) in [6.45, 7) is 3.06. The topological polar surface area (TPSA) is 62.3 Å². The number of benzene rings is 1. The van der Waals surface area contributed by atoms with Gasteiger partial charge in [0, 0.05) is 44.6 Å². The van der Waals surface area contributed by atoms with E-state index >= 15 is 0 Å². The lowest BCUT2D eigenvalue weighted by Gasteiger charge is -2.36. The zero-order valence-electron chi connectivity index (χ0n) is 13.3. The van der Waals surface area contributed by atoms with Crippen LogP contribution in [0.3, 0.4) is 0 Å². The fraction of sp³-hybridized carbons (Fsp3) is 0.353. The summed E-state index contributed by atoms with van der Waals surface area (Å²) >= 11 is 0. The first kappa shape index (κ1) is 18.9. The first-order chi connectivity index (χ1) is 11.2. The number of aromatic nitrogens is 1. The van der Waals surface area contributed by atoms with Gasteiger partial charge in [0.25, 0.3) is 0 Å². The third-order valence-electron chi connectivity index (χ3n) is 4.17. The largest absolute Gasteiger partial charge is 0.314 e. The van der Waals surface area contributed by atoms with E-state index in [2.05, 4.69) is 15.2 Å². The van der Waals surface area contributed by atoms with Gasteiger partial charge >= 0.3 is 0 Å². The molecule has 24 heavy (non-hydrogen) atoms. The maximum absolute atomic E-state index is 12.5. The number of hydrogen-bond acceptors (Lipinski definition) is 5. The molecular weight excluding hydrogens is 346 g/mol. The molecule has 2 heterocycles. The number of sulfone groups is 1. The minimum Gasteiger partial charge on any atom is -0.314 e. The molecule has 1 aromatic heterocycles. The van der Waals surface area contributed by atoms with Gasteiger partial charge < -0.3 is 5.32 Å². The van der Waals surface area contributed by atoms with Crippen LogP contribution in [0.25, 0.3) is 0 Å². The highest BCUT2D eigenvalue weighted by Crippen LogP contribution is 2.21. The van der Waals surface area contributed by atoms with E-state index in [1.165, 1.54) is 0 Å². The van der Waals surface area contributed by atoms with Crippen molar-refractivity contribution in [2.45, 2.75) is 10.9 Å². The van der Waals surface area contributed by atoms with Crippen molar-refractivity contribution in [3.05, 3.63) is 60.4 Å². The lowest BCUT2D eigenvalue weighted by atomic mass is 10.1. The molecule has 130 valence electrons. The normalized spacial score (nSPS) is 18.8. The van der Waals surface area contributed by atoms with Crippen LogP contribution in [0.5, 0.6) is 0 Å². The first-order valence-electron chi connectivity index (χ1n) is 7.79. The van der Waals surface area contributed by atoms with E-state index in [0.717, 1.165) is 25.2 Å². The number of pyridine rings is 1. The van der Waals surface area contributed by atoms with Gasteiger partial charge in [-0.15, -0.1) is 12.4 Å². The first-order valence-corrected chi connectivity index (χ1v) is 9.44. The molecule has 0 amide bonds. The Bertz CT molecular complexity index is 726. The van der Waals surface area contributed by atoms with Crippen molar-refractivity contribution >= 4 is 22.2 Å². The van der Waals surface area contributed by atoms with E-state index in [0.29, 0.717) is 11.4 Å². The quantitative estimate of drug-likeness (QED) is 0.874. The van der Waals surface area contributed by atoms with E-state index in [4.69, 9.17) is 0 Å². The maximum Gasteiger partial charge on any atom is 0.179 e. The summed E-state index contributed by atoms with van der Waals surface area (Å²) in [4.78, 5) is 6.80. The highest BCUT2D eigenvalue weighted by molar-refractivity contribution is 7.91. The van der Waals surface area contributed by atoms with Gasteiger partial charge in [-0.3, -0.25) is 9.88 Å². The molecule has 0 radical (unpaired) electrons. The minimum absolute atomic E-state index is 0. The molecule has 1 aliphatic rings. The lowest BCUT2D eigenvalue weighted by molar-refractivity contribution is 0.171. The summed E-state index contributed by atoms with van der Waals surface area (Å²) in [5.41, 5.74) is 1.12. The van der Waals surface area contributed by atoms with Crippen molar-refractivity contribution in [1.82, 2.24) is 15.2 Å². The number of nitrogens with one attached hydrogen (secondary N) is 1. The standard InChI is InChI=1S/C17H21N3O2S.ClH/c21-23(22,16-6-2-1-3-7-16)12-11-20-10-9-19-14-17(20)15-5-4-8-18-13-15;/h1-8,13,17,19H,9-12,14H2;1H. The Morgan fingerprint density at radius 1 is 1.17 bits per heavy atom. The molecule has 0 saturated carbocycles. The highest BCUT2D eigenvalue weighted by atomic mass is 35.5. The summed E-state index contributed by atoms with van der Waals surface area (Å²) in [7, 11) is -3.24. The van der Waals surface area contributed by atoms with Gasteiger partial charge in [0.2, 0.25) is 0 Å². The van der Waals surface area contributed by atoms with Crippen LogP contribution in [-0.2, 0) is 9.84 Å². The Kier molecular flexibility index (Phi) is 6.74. The number of piperazine rings is 1. The number of hydrogen-bond donors (Lipinski definition) is 1. The van der Waals surface area contributed by atoms with Crippen LogP contribution in [0.2, 0.25) is 0 Å². The molecule has 3 rings (SSSR count). The van der Waals surface area contributed by atoms with Crippen LogP contribution in [0.15, 0.2) is 59.8 Å². The zero-order chi connectivity index (χ0) is 16.1. The predicted molar refractivity (Wildman–Crippen MR) is 97.2 cm³/mol. The number of rotatable bonds is 5. The monoisotopic (exact) mass is 367 g/mol. The van der Waals surface area contributed by atoms with E-state index in [-0.39, 0.29) is 24.2 Å². The summed E-state index contributed by atoms with van der Waals surface area (Å²) < 4.78 is 24.9. The Hall–Kier alpha value is -1.47. The van der Waals surface area contributed by atoms with Gasteiger partial charge in [-0.05, 0) is 23.8 Å². The van der Waals surface area contributed by atoms with Gasteiger partial charge in [0.05, 0.1) is 10.6 Å². The van der Waals surface area contributed by atoms with Crippen molar-refractivity contribution in [3.63, 3.8) is 0 Å². The molecule has 1 saturated heterocycles. The molecule has 2 aromatic rings. The van der Waals surface area contributed by atoms with E-state index in [1.807, 2.05) is 24.4 Å². The van der Waals surface area contributed by atoms with Gasteiger partial charge in [-0.2, -0.15) is 0 Å². The SMILES string of the molecule is Cl.O=S(=O)(CCN1CCNCC1c1cccnc1)c1ccccc1. The van der Waals surface area contributed by atoms with Crippen LogP contribution in [0.1, 0.15) is 11.6 Å². The smallest absolute Gasteiger partial charge is 0.179 e. The minimum atomic E-state index is -3.24. The van der Waals surface area contributed by atoms with E-state index in [1.54, 1.807) is 30.5 Å². The fourth-order valence-electron chi connectivity index (χ4n) is 2.90. The molecule has 1 aromatic carbocycles. The third kappa shape index (κ3) is 4.54. The average molecular weight is 368 g/mol. The van der Waals surface area contributed by atoms with E-state index in [9.17, 15) is 8.42 Å². The molecule has 1 aliphatic heterocycles. The van der Waals surface area contributed by atoms with Crippen LogP contribution in [-0.4, -0.2) is 50.2 Å². The molecule has 0 bridgehead atoms. The van der Waals surface area contributed by atoms with Gasteiger partial charge in [-0.1, -0.05) is 24.3 Å². The lowest BCUT2D eigenvalue weighted by Crippen LogP contribution is -2.47. The molecule has 1 unspecified atom stereocenters. The highest BCUT2D eigenvalue weighted by Gasteiger charge is 2.25. The molecule has 1 N–H and O–H groups in total. The third-order valence-corrected chi connectivity index (χ3v) is 5.88. The Morgan fingerprint density at radius 2 is 1.96 bits per heavy atom. The van der Waals surface area contributed by atoms with Crippen molar-refractivity contribution < 1.29 is 8.42 Å². The fourth-order valence-corrected chi connectivity index (χ4v) is 4.18. The van der Waals surface area contributed by atoms with Crippen molar-refractivity contribution in [1.29, 1.82) is 0 Å². The summed E-state index contributed by atoms with van der Waals surface area (Å²) in [6.07, 6.45) is 3.61.